The number of hydrogen-bond acceptors (Lipinski definition) is 2. The van der Waals surface area contributed by atoms with Crippen LogP contribution in [0.1, 0.15) is 63.4 Å². The molecule has 0 aromatic heterocycles. The SMILES string of the molecule is CCC(c1ccccc1)C1CCCN1C(=O)C1CCCC(N)C1.Cl. The van der Waals surface area contributed by atoms with Crippen molar-refractivity contribution in [2.45, 2.75) is 69.9 Å². The molecule has 0 radical (unpaired) electrons. The first-order valence-electron chi connectivity index (χ1n) is 9.31. The van der Waals surface area contributed by atoms with E-state index in [0.29, 0.717) is 17.9 Å². The topological polar surface area (TPSA) is 46.3 Å². The highest BCUT2D eigenvalue weighted by molar-refractivity contribution is 5.85. The molecule has 3 nitrogen and oxygen atoms in total. The number of carbonyl (C=O) groups is 1. The second-order valence-corrected chi connectivity index (χ2v) is 7.29. The zero-order valence-electron chi connectivity index (χ0n) is 14.7. The summed E-state index contributed by atoms with van der Waals surface area (Å²) in [6.07, 6.45) is 7.45. The molecular weight excluding hydrogens is 320 g/mol. The summed E-state index contributed by atoms with van der Waals surface area (Å²) >= 11 is 0. The van der Waals surface area contributed by atoms with E-state index in [1.54, 1.807) is 0 Å². The molecule has 24 heavy (non-hydrogen) atoms. The second kappa shape index (κ2) is 8.87. The van der Waals surface area contributed by atoms with Gasteiger partial charge in [0.15, 0.2) is 0 Å². The monoisotopic (exact) mass is 350 g/mol. The van der Waals surface area contributed by atoms with Crippen molar-refractivity contribution in [3.63, 3.8) is 0 Å². The van der Waals surface area contributed by atoms with Gasteiger partial charge in [-0.25, -0.2) is 0 Å². The van der Waals surface area contributed by atoms with Crippen LogP contribution in [-0.4, -0.2) is 29.4 Å². The van der Waals surface area contributed by atoms with Gasteiger partial charge in [-0.3, -0.25) is 4.79 Å². The fourth-order valence-electron chi connectivity index (χ4n) is 4.60. The van der Waals surface area contributed by atoms with E-state index in [0.717, 1.165) is 51.5 Å². The number of hydrogen-bond donors (Lipinski definition) is 1. The maximum Gasteiger partial charge on any atom is 0.226 e. The van der Waals surface area contributed by atoms with E-state index < -0.39 is 0 Å². The van der Waals surface area contributed by atoms with Crippen molar-refractivity contribution in [1.82, 2.24) is 4.90 Å². The van der Waals surface area contributed by atoms with E-state index in [4.69, 9.17) is 5.73 Å². The Labute approximate surface area is 152 Å². The number of nitrogens with two attached hydrogens (primary N) is 1. The number of nitrogens with zero attached hydrogens (tertiary/aromatic N) is 1. The molecule has 1 aromatic carbocycles. The lowest BCUT2D eigenvalue weighted by Gasteiger charge is -2.36. The number of amides is 1. The molecule has 4 unspecified atom stereocenters. The number of likely N-dealkylation sites (tertiary alicyclic amines) is 1. The summed E-state index contributed by atoms with van der Waals surface area (Å²) in [5.41, 5.74) is 7.48. The van der Waals surface area contributed by atoms with Crippen LogP contribution in [0.3, 0.4) is 0 Å². The highest BCUT2D eigenvalue weighted by atomic mass is 35.5. The molecule has 2 fully saturated rings. The van der Waals surface area contributed by atoms with Crippen molar-refractivity contribution in [1.29, 1.82) is 0 Å². The predicted octanol–water partition coefficient (Wildman–Crippen LogP) is 4.11. The standard InChI is InChI=1S/C20H30N2O.ClH/c1-2-18(15-8-4-3-5-9-15)19-12-7-13-22(19)20(23)16-10-6-11-17(21)14-16;/h3-5,8-9,16-19H,2,6-7,10-14,21H2,1H3;1H. The molecule has 1 amide bonds. The van der Waals surface area contributed by atoms with Crippen LogP contribution in [0.15, 0.2) is 30.3 Å². The molecule has 0 bridgehead atoms. The molecule has 0 spiro atoms. The second-order valence-electron chi connectivity index (χ2n) is 7.29. The fourth-order valence-corrected chi connectivity index (χ4v) is 4.60. The molecule has 2 aliphatic rings. The normalized spacial score (nSPS) is 28.2. The molecular formula is C20H31ClN2O. The van der Waals surface area contributed by atoms with Crippen molar-refractivity contribution < 1.29 is 4.79 Å². The van der Waals surface area contributed by atoms with Crippen molar-refractivity contribution in [3.05, 3.63) is 35.9 Å². The Morgan fingerprint density at radius 2 is 1.96 bits per heavy atom. The molecule has 1 saturated carbocycles. The molecule has 134 valence electrons. The first-order chi connectivity index (χ1) is 11.2. The van der Waals surface area contributed by atoms with Crippen molar-refractivity contribution in [3.8, 4) is 0 Å². The molecule has 1 aliphatic heterocycles. The van der Waals surface area contributed by atoms with Gasteiger partial charge < -0.3 is 10.6 Å². The molecule has 1 saturated heterocycles. The Kier molecular flexibility index (Phi) is 7.12. The number of halogens is 1. The molecule has 1 aromatic rings. The lowest BCUT2D eigenvalue weighted by atomic mass is 9.83. The summed E-state index contributed by atoms with van der Waals surface area (Å²) in [6.45, 7) is 3.17. The van der Waals surface area contributed by atoms with Crippen LogP contribution in [0, 0.1) is 5.92 Å². The largest absolute Gasteiger partial charge is 0.339 e. The third kappa shape index (κ3) is 4.12. The van der Waals surface area contributed by atoms with Crippen LogP contribution in [0.2, 0.25) is 0 Å². The van der Waals surface area contributed by atoms with Crippen LogP contribution < -0.4 is 5.73 Å². The van der Waals surface area contributed by atoms with Gasteiger partial charge in [0.25, 0.3) is 0 Å². The first kappa shape index (κ1) is 19.3. The molecule has 1 aliphatic carbocycles. The third-order valence-electron chi connectivity index (χ3n) is 5.78. The third-order valence-corrected chi connectivity index (χ3v) is 5.78. The molecule has 3 rings (SSSR count). The summed E-state index contributed by atoms with van der Waals surface area (Å²) in [7, 11) is 0. The van der Waals surface area contributed by atoms with Crippen LogP contribution >= 0.6 is 12.4 Å². The maximum atomic E-state index is 13.1. The van der Waals surface area contributed by atoms with Gasteiger partial charge >= 0.3 is 0 Å². The lowest BCUT2D eigenvalue weighted by molar-refractivity contribution is -0.138. The minimum Gasteiger partial charge on any atom is -0.339 e. The molecule has 4 heteroatoms. The van der Waals surface area contributed by atoms with Gasteiger partial charge in [-0.2, -0.15) is 0 Å². The molecule has 2 N–H and O–H groups in total. The summed E-state index contributed by atoms with van der Waals surface area (Å²) in [5, 5.41) is 0. The van der Waals surface area contributed by atoms with E-state index in [1.165, 1.54) is 5.56 Å². The average Bonchev–Trinajstić information content (AvgIpc) is 3.05. The van der Waals surface area contributed by atoms with Gasteiger partial charge in [0.05, 0.1) is 0 Å². The van der Waals surface area contributed by atoms with Crippen LogP contribution in [0.25, 0.3) is 0 Å². The number of benzene rings is 1. The van der Waals surface area contributed by atoms with E-state index in [1.807, 2.05) is 0 Å². The Hall–Kier alpha value is -1.06. The molecule has 4 atom stereocenters. The molecule has 1 heterocycles. The highest BCUT2D eigenvalue weighted by Crippen LogP contribution is 2.36. The number of rotatable bonds is 4. The van der Waals surface area contributed by atoms with E-state index in [9.17, 15) is 4.79 Å². The number of carbonyl (C=O) groups excluding carboxylic acids is 1. The van der Waals surface area contributed by atoms with E-state index in [2.05, 4.69) is 42.2 Å². The van der Waals surface area contributed by atoms with Gasteiger partial charge in [0, 0.05) is 30.5 Å². The predicted molar refractivity (Wildman–Crippen MR) is 101 cm³/mol. The van der Waals surface area contributed by atoms with Crippen LogP contribution in [0.5, 0.6) is 0 Å². The van der Waals surface area contributed by atoms with Gasteiger partial charge in [0.2, 0.25) is 5.91 Å². The summed E-state index contributed by atoms with van der Waals surface area (Å²) in [4.78, 5) is 15.3. The summed E-state index contributed by atoms with van der Waals surface area (Å²) in [6, 6.07) is 11.3. The smallest absolute Gasteiger partial charge is 0.226 e. The van der Waals surface area contributed by atoms with Gasteiger partial charge in [-0.05, 0) is 44.1 Å². The Bertz CT molecular complexity index is 522. The van der Waals surface area contributed by atoms with Crippen molar-refractivity contribution in [2.24, 2.45) is 11.7 Å². The van der Waals surface area contributed by atoms with E-state index >= 15 is 0 Å². The zero-order chi connectivity index (χ0) is 16.2. The van der Waals surface area contributed by atoms with Gasteiger partial charge in [-0.1, -0.05) is 43.7 Å². The Morgan fingerprint density at radius 3 is 2.62 bits per heavy atom. The van der Waals surface area contributed by atoms with Gasteiger partial charge in [-0.15, -0.1) is 12.4 Å². The fraction of sp³-hybridized carbons (Fsp3) is 0.650. The Morgan fingerprint density at radius 1 is 1.21 bits per heavy atom. The summed E-state index contributed by atoms with van der Waals surface area (Å²) < 4.78 is 0. The minimum atomic E-state index is 0. The highest BCUT2D eigenvalue weighted by Gasteiger charge is 2.38. The quantitative estimate of drug-likeness (QED) is 0.888. The van der Waals surface area contributed by atoms with Crippen molar-refractivity contribution >= 4 is 18.3 Å². The van der Waals surface area contributed by atoms with Crippen LogP contribution in [-0.2, 0) is 4.79 Å². The van der Waals surface area contributed by atoms with Crippen molar-refractivity contribution in [2.75, 3.05) is 6.54 Å². The lowest BCUT2D eigenvalue weighted by Crippen LogP contribution is -2.44. The van der Waals surface area contributed by atoms with Crippen LogP contribution in [0.4, 0.5) is 0 Å². The minimum absolute atomic E-state index is 0. The summed E-state index contributed by atoms with van der Waals surface area (Å²) in [5.74, 6) is 0.990. The maximum absolute atomic E-state index is 13.1. The zero-order valence-corrected chi connectivity index (χ0v) is 15.5. The van der Waals surface area contributed by atoms with E-state index in [-0.39, 0.29) is 24.4 Å². The average molecular weight is 351 g/mol. The Balaban J connectivity index is 0.00000208. The first-order valence-corrected chi connectivity index (χ1v) is 9.31. The van der Waals surface area contributed by atoms with Gasteiger partial charge in [0.1, 0.15) is 0 Å².